The maximum absolute atomic E-state index is 13.0. The number of phenolic OH excluding ortho intramolecular Hbond substituents is 1. The summed E-state index contributed by atoms with van der Waals surface area (Å²) in [6.07, 6.45) is -16.1. The summed E-state index contributed by atoms with van der Waals surface area (Å²) in [5.41, 5.74) is -4.11. The third-order valence-corrected chi connectivity index (χ3v) is 8.75. The van der Waals surface area contributed by atoms with Gasteiger partial charge in [-0.1, -0.05) is 13.0 Å². The zero-order chi connectivity index (χ0) is 27.4. The molecule has 12 heteroatoms. The summed E-state index contributed by atoms with van der Waals surface area (Å²) in [5, 5.41) is 9.80. The summed E-state index contributed by atoms with van der Waals surface area (Å²) in [4.78, 5) is 0. The van der Waals surface area contributed by atoms with Crippen LogP contribution in [0.5, 0.6) is 5.75 Å². The third-order valence-electron chi connectivity index (χ3n) is 8.75. The molecule has 0 saturated heterocycles. The van der Waals surface area contributed by atoms with E-state index in [2.05, 4.69) is 11.7 Å². The normalized spacial score (nSPS) is 30.5. The first kappa shape index (κ1) is 28.3. The summed E-state index contributed by atoms with van der Waals surface area (Å²) in [6, 6.07) is 5.45. The summed E-state index contributed by atoms with van der Waals surface area (Å²) >= 11 is 0. The van der Waals surface area contributed by atoms with Gasteiger partial charge in [-0.25, -0.2) is 0 Å². The van der Waals surface area contributed by atoms with Crippen molar-refractivity contribution in [2.24, 2.45) is 17.3 Å². The minimum atomic E-state index is -6.73. The van der Waals surface area contributed by atoms with Gasteiger partial charge in [0.1, 0.15) is 5.75 Å². The molecule has 3 aliphatic rings. The Morgan fingerprint density at radius 2 is 1.54 bits per heavy atom. The van der Waals surface area contributed by atoms with E-state index < -0.39 is 37.2 Å². The zero-order valence-corrected chi connectivity index (χ0v) is 20.1. The number of hydrogen-bond acceptors (Lipinski definition) is 3. The van der Waals surface area contributed by atoms with Gasteiger partial charge in [-0.3, -0.25) is 0 Å². The quantitative estimate of drug-likeness (QED) is 0.296. The minimum Gasteiger partial charge on any atom is -0.508 e. The molecular formula is C25H29F9O3. The topological polar surface area (TPSA) is 38.7 Å². The van der Waals surface area contributed by atoms with Crippen LogP contribution < -0.4 is 0 Å². The highest BCUT2D eigenvalue weighted by molar-refractivity contribution is 5.40. The molecular weight excluding hydrogens is 519 g/mol. The number of phenols is 1. The van der Waals surface area contributed by atoms with Crippen molar-refractivity contribution < 1.29 is 54.1 Å². The van der Waals surface area contributed by atoms with Crippen molar-refractivity contribution in [2.75, 3.05) is 13.2 Å². The van der Waals surface area contributed by atoms with Crippen LogP contribution in [-0.4, -0.2) is 48.6 Å². The number of hydrogen-bond donors (Lipinski definition) is 1. The fourth-order valence-corrected chi connectivity index (χ4v) is 7.03. The molecule has 5 atom stereocenters. The van der Waals surface area contributed by atoms with Crippen LogP contribution in [0.1, 0.15) is 62.5 Å². The molecule has 4 rings (SSSR count). The van der Waals surface area contributed by atoms with Crippen molar-refractivity contribution >= 4 is 0 Å². The Labute approximate surface area is 208 Å². The highest BCUT2D eigenvalue weighted by atomic mass is 19.4. The maximum atomic E-state index is 13.0. The molecule has 0 bridgehead atoms. The highest BCUT2D eigenvalue weighted by Crippen LogP contribution is 2.61. The van der Waals surface area contributed by atoms with Crippen LogP contribution in [0.3, 0.4) is 0 Å². The lowest BCUT2D eigenvalue weighted by Gasteiger charge is -2.50. The SMILES string of the molecule is C[C@]12CC[C@@H]3c4ccc(O)cc4CCC3C1CC[C@@H]2OCCCOC(C(F)(F)F)(C(F)(F)F)C(F)(F)F. The molecule has 0 heterocycles. The zero-order valence-electron chi connectivity index (χ0n) is 20.1. The predicted molar refractivity (Wildman–Crippen MR) is 114 cm³/mol. The molecule has 3 aliphatic carbocycles. The van der Waals surface area contributed by atoms with Crippen LogP contribution in [0.15, 0.2) is 18.2 Å². The van der Waals surface area contributed by atoms with Crippen LogP contribution >= 0.6 is 0 Å². The largest absolute Gasteiger partial charge is 0.508 e. The molecule has 1 aromatic carbocycles. The van der Waals surface area contributed by atoms with Gasteiger partial charge in [-0.05, 0) is 91.4 Å². The van der Waals surface area contributed by atoms with E-state index in [0.29, 0.717) is 24.2 Å². The molecule has 0 radical (unpaired) electrons. The Morgan fingerprint density at radius 3 is 2.16 bits per heavy atom. The van der Waals surface area contributed by atoms with Gasteiger partial charge in [0.2, 0.25) is 0 Å². The van der Waals surface area contributed by atoms with Crippen molar-refractivity contribution in [1.29, 1.82) is 0 Å². The van der Waals surface area contributed by atoms with Gasteiger partial charge in [0, 0.05) is 6.61 Å². The first-order valence-electron chi connectivity index (χ1n) is 12.3. The highest BCUT2D eigenvalue weighted by Gasteiger charge is 2.85. The van der Waals surface area contributed by atoms with E-state index >= 15 is 0 Å². The Bertz CT molecular complexity index is 936. The van der Waals surface area contributed by atoms with E-state index in [1.54, 1.807) is 12.1 Å². The second kappa shape index (κ2) is 9.50. The van der Waals surface area contributed by atoms with Crippen LogP contribution in [0.25, 0.3) is 0 Å². The third kappa shape index (κ3) is 4.70. The van der Waals surface area contributed by atoms with Crippen LogP contribution in [-0.2, 0) is 15.9 Å². The second-order valence-corrected chi connectivity index (χ2v) is 10.7. The van der Waals surface area contributed by atoms with Gasteiger partial charge in [0.15, 0.2) is 0 Å². The van der Waals surface area contributed by atoms with E-state index in [1.165, 1.54) is 5.56 Å². The van der Waals surface area contributed by atoms with E-state index in [9.17, 15) is 44.6 Å². The summed E-state index contributed by atoms with van der Waals surface area (Å²) in [7, 11) is 0. The standard InChI is InChI=1S/C25H29F9O3/c1-21-10-9-17-16-6-4-15(35)13-14(16)3-5-18(17)19(21)7-8-20(21)36-11-2-12-37-22(23(26,27)28,24(29,30)31)25(32,33)34/h4,6,13,17-20,35H,2-3,5,7-12H2,1H3/t17-,18?,19?,20+,21+/m1/s1. The second-order valence-electron chi connectivity index (χ2n) is 10.7. The van der Waals surface area contributed by atoms with E-state index in [1.807, 2.05) is 6.07 Å². The Hall–Kier alpha value is -1.69. The molecule has 0 amide bonds. The number of rotatable bonds is 6. The number of fused-ring (bicyclic) bond motifs is 5. The van der Waals surface area contributed by atoms with Crippen LogP contribution in [0.4, 0.5) is 39.5 Å². The molecule has 0 spiro atoms. The van der Waals surface area contributed by atoms with Crippen molar-refractivity contribution in [3.8, 4) is 5.75 Å². The fraction of sp³-hybridized carbons (Fsp3) is 0.760. The summed E-state index contributed by atoms with van der Waals surface area (Å²) in [5.74, 6) is 1.27. The maximum Gasteiger partial charge on any atom is 0.435 e. The van der Waals surface area contributed by atoms with E-state index in [0.717, 1.165) is 37.7 Å². The van der Waals surface area contributed by atoms with Gasteiger partial charge in [0.25, 0.3) is 0 Å². The predicted octanol–water partition coefficient (Wildman–Crippen LogP) is 7.47. The number of benzene rings is 1. The monoisotopic (exact) mass is 548 g/mol. The first-order chi connectivity index (χ1) is 17.0. The molecule has 1 aromatic rings. The van der Waals surface area contributed by atoms with E-state index in [-0.39, 0.29) is 23.9 Å². The Kier molecular flexibility index (Phi) is 7.27. The number of ether oxygens (including phenoxy) is 2. The molecule has 3 nitrogen and oxygen atoms in total. The van der Waals surface area contributed by atoms with Gasteiger partial charge >= 0.3 is 24.1 Å². The Morgan fingerprint density at radius 1 is 0.892 bits per heavy atom. The molecule has 2 saturated carbocycles. The molecule has 210 valence electrons. The van der Waals surface area contributed by atoms with Gasteiger partial charge in [0.05, 0.1) is 12.7 Å². The fourth-order valence-electron chi connectivity index (χ4n) is 7.03. The number of aromatic hydroxyl groups is 1. The molecule has 1 N–H and O–H groups in total. The van der Waals surface area contributed by atoms with E-state index in [4.69, 9.17) is 4.74 Å². The number of alkyl halides is 9. The van der Waals surface area contributed by atoms with Gasteiger partial charge in [-0.15, -0.1) is 0 Å². The molecule has 37 heavy (non-hydrogen) atoms. The minimum absolute atomic E-state index is 0.231. The molecule has 2 unspecified atom stereocenters. The van der Waals surface area contributed by atoms with Crippen molar-refractivity contribution in [2.45, 2.75) is 88.0 Å². The first-order valence-corrected chi connectivity index (χ1v) is 12.3. The Balaban J connectivity index is 1.37. The van der Waals surface area contributed by atoms with Crippen LogP contribution in [0, 0.1) is 17.3 Å². The lowest BCUT2D eigenvalue weighted by Crippen LogP contribution is -2.67. The average molecular weight is 548 g/mol. The number of aryl methyl sites for hydroxylation is 1. The van der Waals surface area contributed by atoms with Crippen molar-refractivity contribution in [3.63, 3.8) is 0 Å². The lowest BCUT2D eigenvalue weighted by molar-refractivity contribution is -0.457. The van der Waals surface area contributed by atoms with Crippen molar-refractivity contribution in [3.05, 3.63) is 29.3 Å². The molecule has 0 aliphatic heterocycles. The van der Waals surface area contributed by atoms with Crippen LogP contribution in [0.2, 0.25) is 0 Å². The molecule has 0 aromatic heterocycles. The average Bonchev–Trinajstić information content (AvgIpc) is 3.09. The summed E-state index contributed by atoms with van der Waals surface area (Å²) < 4.78 is 126. The summed E-state index contributed by atoms with van der Waals surface area (Å²) in [6.45, 7) is 0.350. The smallest absolute Gasteiger partial charge is 0.435 e. The molecule has 2 fully saturated rings. The van der Waals surface area contributed by atoms with Gasteiger partial charge < -0.3 is 14.6 Å². The van der Waals surface area contributed by atoms with Crippen molar-refractivity contribution in [1.82, 2.24) is 0 Å². The lowest BCUT2D eigenvalue weighted by atomic mass is 9.55. The number of halogens is 9. The van der Waals surface area contributed by atoms with Gasteiger partial charge in [-0.2, -0.15) is 39.5 Å².